The van der Waals surface area contributed by atoms with E-state index in [1.165, 1.54) is 19.2 Å². The van der Waals surface area contributed by atoms with E-state index in [1.54, 1.807) is 13.0 Å². The van der Waals surface area contributed by atoms with Gasteiger partial charge in [-0.15, -0.1) is 0 Å². The van der Waals surface area contributed by atoms with Gasteiger partial charge in [-0.3, -0.25) is 4.79 Å². The fourth-order valence-electron chi connectivity index (χ4n) is 1.39. The second-order valence-electron chi connectivity index (χ2n) is 3.89. The minimum atomic E-state index is -0.715. The molecule has 18 heavy (non-hydrogen) atoms. The molecule has 0 fully saturated rings. The predicted octanol–water partition coefficient (Wildman–Crippen LogP) is 2.21. The molecule has 0 unspecified atom stereocenters. The number of carbonyl (C=O) groups excluding carboxylic acids is 1. The number of ether oxygens (including phenoxy) is 2. The molecule has 0 aliphatic heterocycles. The van der Waals surface area contributed by atoms with Gasteiger partial charge in [-0.05, 0) is 31.0 Å². The zero-order valence-corrected chi connectivity index (χ0v) is 10.5. The van der Waals surface area contributed by atoms with Crippen molar-refractivity contribution in [2.45, 2.75) is 25.9 Å². The summed E-state index contributed by atoms with van der Waals surface area (Å²) in [6, 6.07) is 4.30. The van der Waals surface area contributed by atoms with E-state index in [1.807, 2.05) is 0 Å². The Hall–Kier alpha value is -1.62. The zero-order valence-electron chi connectivity index (χ0n) is 10.5. The zero-order chi connectivity index (χ0) is 13.5. The largest absolute Gasteiger partial charge is 0.491 e. The van der Waals surface area contributed by atoms with E-state index in [0.717, 1.165) is 0 Å². The number of carbonyl (C=O) groups is 1. The Kier molecular flexibility index (Phi) is 5.58. The van der Waals surface area contributed by atoms with E-state index >= 15 is 0 Å². The molecule has 0 amide bonds. The van der Waals surface area contributed by atoms with Crippen LogP contribution in [0, 0.1) is 5.82 Å². The fraction of sp³-hybridized carbons (Fsp3) is 0.462. The molecule has 5 heteroatoms. The van der Waals surface area contributed by atoms with Crippen LogP contribution in [-0.4, -0.2) is 24.8 Å². The predicted molar refractivity (Wildman–Crippen MR) is 63.8 cm³/mol. The van der Waals surface area contributed by atoms with Crippen molar-refractivity contribution in [2.24, 2.45) is 0 Å². The summed E-state index contributed by atoms with van der Waals surface area (Å²) in [4.78, 5) is 10.8. The molecular formula is C13H17FO4. The van der Waals surface area contributed by atoms with Crippen LogP contribution in [0.4, 0.5) is 4.39 Å². The molecule has 0 aliphatic carbocycles. The van der Waals surface area contributed by atoms with Crippen LogP contribution >= 0.6 is 0 Å². The van der Waals surface area contributed by atoms with E-state index < -0.39 is 11.9 Å². The van der Waals surface area contributed by atoms with Gasteiger partial charge >= 0.3 is 5.97 Å². The minimum absolute atomic E-state index is 0.115. The van der Waals surface area contributed by atoms with Gasteiger partial charge in [0.2, 0.25) is 0 Å². The molecule has 0 saturated carbocycles. The molecule has 1 aromatic carbocycles. The van der Waals surface area contributed by atoms with Crippen LogP contribution in [0.2, 0.25) is 0 Å². The van der Waals surface area contributed by atoms with Gasteiger partial charge in [-0.25, -0.2) is 4.39 Å². The first-order valence-corrected chi connectivity index (χ1v) is 5.71. The first-order valence-electron chi connectivity index (χ1n) is 5.71. The first kappa shape index (κ1) is 14.4. The second kappa shape index (κ2) is 6.96. The monoisotopic (exact) mass is 256 g/mol. The minimum Gasteiger partial charge on any atom is -0.491 e. The highest BCUT2D eigenvalue weighted by Gasteiger charge is 2.08. The van der Waals surface area contributed by atoms with Gasteiger partial charge in [0, 0.05) is 6.42 Å². The average molecular weight is 256 g/mol. The van der Waals surface area contributed by atoms with E-state index in [9.17, 15) is 14.3 Å². The number of benzene rings is 1. The van der Waals surface area contributed by atoms with Crippen LogP contribution in [0.15, 0.2) is 18.2 Å². The van der Waals surface area contributed by atoms with E-state index in [4.69, 9.17) is 4.74 Å². The smallest absolute Gasteiger partial charge is 0.305 e. The van der Waals surface area contributed by atoms with Crippen molar-refractivity contribution >= 4 is 5.97 Å². The third kappa shape index (κ3) is 4.33. The van der Waals surface area contributed by atoms with Crippen LogP contribution in [0.5, 0.6) is 5.75 Å². The lowest BCUT2D eigenvalue weighted by Gasteiger charge is -2.09. The maximum absolute atomic E-state index is 13.5. The summed E-state index contributed by atoms with van der Waals surface area (Å²) in [5, 5.41) is 9.28. The number of aliphatic hydroxyl groups is 1. The normalized spacial score (nSPS) is 12.0. The van der Waals surface area contributed by atoms with Crippen LogP contribution < -0.4 is 4.74 Å². The van der Waals surface area contributed by atoms with Crippen molar-refractivity contribution in [2.75, 3.05) is 13.7 Å². The summed E-state index contributed by atoms with van der Waals surface area (Å²) in [6.07, 6.45) is -0.0124. The standard InChI is InChI=1S/C13H17FO4/c1-9(15)10-5-6-12(11(14)8-10)18-7-3-4-13(16)17-2/h5-6,8-9,15H,3-4,7H2,1-2H3/t9-/m0/s1. The van der Waals surface area contributed by atoms with Crippen LogP contribution in [0.1, 0.15) is 31.4 Å². The average Bonchev–Trinajstić information content (AvgIpc) is 2.35. The third-order valence-electron chi connectivity index (χ3n) is 2.45. The Morgan fingerprint density at radius 1 is 1.50 bits per heavy atom. The van der Waals surface area contributed by atoms with E-state index in [2.05, 4.69) is 4.74 Å². The molecule has 0 aliphatic rings. The van der Waals surface area contributed by atoms with Crippen LogP contribution in [-0.2, 0) is 9.53 Å². The molecule has 1 aromatic rings. The molecule has 1 N–H and O–H groups in total. The lowest BCUT2D eigenvalue weighted by molar-refractivity contribution is -0.140. The summed E-state index contributed by atoms with van der Waals surface area (Å²) < 4.78 is 23.2. The summed E-state index contributed by atoms with van der Waals surface area (Å²) in [6.45, 7) is 1.80. The Balaban J connectivity index is 2.45. The van der Waals surface area contributed by atoms with Gasteiger partial charge < -0.3 is 14.6 Å². The van der Waals surface area contributed by atoms with Gasteiger partial charge in [0.25, 0.3) is 0 Å². The van der Waals surface area contributed by atoms with Crippen molar-refractivity contribution < 1.29 is 23.8 Å². The molecule has 0 radical (unpaired) electrons. The Morgan fingerprint density at radius 3 is 2.78 bits per heavy atom. The lowest BCUT2D eigenvalue weighted by Crippen LogP contribution is -2.05. The molecule has 0 spiro atoms. The maximum atomic E-state index is 13.5. The van der Waals surface area contributed by atoms with E-state index in [-0.39, 0.29) is 24.7 Å². The Bertz CT molecular complexity index is 404. The molecule has 1 atom stereocenters. The number of halogens is 1. The molecule has 100 valence electrons. The Morgan fingerprint density at radius 2 is 2.22 bits per heavy atom. The highest BCUT2D eigenvalue weighted by Crippen LogP contribution is 2.22. The van der Waals surface area contributed by atoms with Crippen LogP contribution in [0.25, 0.3) is 0 Å². The fourth-order valence-corrected chi connectivity index (χ4v) is 1.39. The van der Waals surface area contributed by atoms with Gasteiger partial charge in [0.05, 0.1) is 19.8 Å². The number of rotatable bonds is 6. The highest BCUT2D eigenvalue weighted by molar-refractivity contribution is 5.69. The molecule has 4 nitrogen and oxygen atoms in total. The molecule has 1 rings (SSSR count). The van der Waals surface area contributed by atoms with Gasteiger partial charge in [0.1, 0.15) is 0 Å². The first-order chi connectivity index (χ1) is 8.54. The number of esters is 1. The second-order valence-corrected chi connectivity index (χ2v) is 3.89. The lowest BCUT2D eigenvalue weighted by atomic mass is 10.1. The van der Waals surface area contributed by atoms with Crippen molar-refractivity contribution in [1.82, 2.24) is 0 Å². The van der Waals surface area contributed by atoms with Crippen molar-refractivity contribution in [3.63, 3.8) is 0 Å². The molecule has 0 saturated heterocycles. The molecule has 0 heterocycles. The number of aliphatic hydroxyl groups excluding tert-OH is 1. The topological polar surface area (TPSA) is 55.8 Å². The summed E-state index contributed by atoms with van der Waals surface area (Å²) in [7, 11) is 1.32. The summed E-state index contributed by atoms with van der Waals surface area (Å²) in [5.74, 6) is -0.723. The van der Waals surface area contributed by atoms with Gasteiger partial charge in [-0.2, -0.15) is 0 Å². The maximum Gasteiger partial charge on any atom is 0.305 e. The Labute approximate surface area is 105 Å². The highest BCUT2D eigenvalue weighted by atomic mass is 19.1. The van der Waals surface area contributed by atoms with E-state index in [0.29, 0.717) is 12.0 Å². The molecular weight excluding hydrogens is 239 g/mol. The van der Waals surface area contributed by atoms with Gasteiger partial charge in [0.15, 0.2) is 11.6 Å². The summed E-state index contributed by atoms with van der Waals surface area (Å²) in [5.41, 5.74) is 0.495. The third-order valence-corrected chi connectivity index (χ3v) is 2.45. The number of hydrogen-bond acceptors (Lipinski definition) is 4. The molecule has 0 aromatic heterocycles. The van der Waals surface area contributed by atoms with Crippen molar-refractivity contribution in [3.8, 4) is 5.75 Å². The SMILES string of the molecule is COC(=O)CCCOc1ccc([C@H](C)O)cc1F. The molecule has 0 bridgehead atoms. The quantitative estimate of drug-likeness (QED) is 0.626. The van der Waals surface area contributed by atoms with Crippen molar-refractivity contribution in [3.05, 3.63) is 29.6 Å². The number of methoxy groups -OCH3 is 1. The van der Waals surface area contributed by atoms with Crippen molar-refractivity contribution in [1.29, 1.82) is 0 Å². The summed E-state index contributed by atoms with van der Waals surface area (Å²) >= 11 is 0. The van der Waals surface area contributed by atoms with Gasteiger partial charge in [-0.1, -0.05) is 6.07 Å². The number of hydrogen-bond donors (Lipinski definition) is 1. The van der Waals surface area contributed by atoms with Crippen LogP contribution in [0.3, 0.4) is 0 Å².